The summed E-state index contributed by atoms with van der Waals surface area (Å²) in [5.41, 5.74) is 3.17. The summed E-state index contributed by atoms with van der Waals surface area (Å²) in [5.74, 6) is 0. The van der Waals surface area contributed by atoms with Crippen LogP contribution in [0.4, 0.5) is 0 Å². The molecule has 0 radical (unpaired) electrons. The second-order valence-corrected chi connectivity index (χ2v) is 11.1. The van der Waals surface area contributed by atoms with Crippen molar-refractivity contribution >= 4 is 75.4 Å². The molecule has 0 amide bonds. The van der Waals surface area contributed by atoms with E-state index in [4.69, 9.17) is 0 Å². The molecule has 0 saturated heterocycles. The Morgan fingerprint density at radius 2 is 0.605 bits per heavy atom. The molecule has 1 aliphatic rings. The van der Waals surface area contributed by atoms with Crippen molar-refractivity contribution < 1.29 is 0 Å². The predicted molar refractivity (Wildman–Crippen MR) is 166 cm³/mol. The molecule has 0 fully saturated rings. The largest absolute Gasteiger partial charge is 0.0616 e. The summed E-state index contributed by atoms with van der Waals surface area (Å²) in [5, 5.41) is 19.1. The number of aryl methyl sites for hydroxylation is 2. The molecule has 0 bridgehead atoms. The summed E-state index contributed by atoms with van der Waals surface area (Å²) in [6.07, 6.45) is 4.99. The highest BCUT2D eigenvalue weighted by molar-refractivity contribution is 6.27. The van der Waals surface area contributed by atoms with Crippen molar-refractivity contribution in [2.75, 3.05) is 0 Å². The van der Waals surface area contributed by atoms with Gasteiger partial charge in [0.05, 0.1) is 0 Å². The second kappa shape index (κ2) is 7.55. The lowest BCUT2D eigenvalue weighted by Gasteiger charge is -2.22. The number of benzene rings is 8. The maximum Gasteiger partial charge on any atom is -0.00926 e. The Morgan fingerprint density at radius 1 is 0.289 bits per heavy atom. The number of hydrogen-bond donors (Lipinski definition) is 0. The molecular weight excluding hydrogens is 456 g/mol. The van der Waals surface area contributed by atoms with Gasteiger partial charge < -0.3 is 0 Å². The molecule has 0 heteroatoms. The van der Waals surface area contributed by atoms with Gasteiger partial charge in [-0.2, -0.15) is 0 Å². The Hall–Kier alpha value is -4.42. The monoisotopic (exact) mass is 482 g/mol. The zero-order chi connectivity index (χ0) is 24.8. The molecular formula is C38H26. The fourth-order valence-corrected chi connectivity index (χ4v) is 7.41. The first-order chi connectivity index (χ1) is 18.8. The van der Waals surface area contributed by atoms with E-state index in [1.807, 2.05) is 0 Å². The quantitative estimate of drug-likeness (QED) is 0.149. The van der Waals surface area contributed by atoms with Crippen LogP contribution in [-0.2, 0) is 12.8 Å². The molecule has 1 aliphatic carbocycles. The van der Waals surface area contributed by atoms with Crippen molar-refractivity contribution in [3.05, 3.63) is 120 Å². The molecule has 178 valence electrons. The average molecular weight is 483 g/mol. The van der Waals surface area contributed by atoms with Crippen LogP contribution in [0.5, 0.6) is 0 Å². The van der Waals surface area contributed by atoms with E-state index in [1.165, 1.54) is 101 Å². The van der Waals surface area contributed by atoms with Gasteiger partial charge in [-0.05, 0) is 149 Å². The predicted octanol–water partition coefficient (Wildman–Crippen LogP) is 10.6. The molecule has 8 aromatic carbocycles. The average Bonchev–Trinajstić information content (AvgIpc) is 2.99. The van der Waals surface area contributed by atoms with Gasteiger partial charge in [-0.3, -0.25) is 0 Å². The summed E-state index contributed by atoms with van der Waals surface area (Å²) < 4.78 is 0. The zero-order valence-corrected chi connectivity index (χ0v) is 21.2. The van der Waals surface area contributed by atoms with Crippen molar-refractivity contribution in [2.45, 2.75) is 25.7 Å². The molecule has 0 N–H and O–H groups in total. The molecule has 0 aliphatic heterocycles. The van der Waals surface area contributed by atoms with Gasteiger partial charge in [-0.25, -0.2) is 0 Å². The van der Waals surface area contributed by atoms with Crippen LogP contribution in [0.1, 0.15) is 24.0 Å². The van der Waals surface area contributed by atoms with Crippen molar-refractivity contribution in [2.24, 2.45) is 0 Å². The van der Waals surface area contributed by atoms with Gasteiger partial charge in [0, 0.05) is 0 Å². The van der Waals surface area contributed by atoms with Crippen molar-refractivity contribution in [1.82, 2.24) is 0 Å². The summed E-state index contributed by atoms with van der Waals surface area (Å²) >= 11 is 0. The molecule has 0 atom stereocenters. The van der Waals surface area contributed by atoms with Gasteiger partial charge in [-0.15, -0.1) is 0 Å². The molecule has 0 aromatic heterocycles. The van der Waals surface area contributed by atoms with Crippen LogP contribution >= 0.6 is 0 Å². The van der Waals surface area contributed by atoms with Gasteiger partial charge in [0.1, 0.15) is 0 Å². The van der Waals surface area contributed by atoms with Gasteiger partial charge >= 0.3 is 0 Å². The minimum Gasteiger partial charge on any atom is -0.0616 e. The summed E-state index contributed by atoms with van der Waals surface area (Å²) in [4.78, 5) is 0. The third-order valence-electron chi connectivity index (χ3n) is 9.13. The van der Waals surface area contributed by atoms with E-state index < -0.39 is 0 Å². The fourth-order valence-electron chi connectivity index (χ4n) is 7.41. The molecule has 0 heterocycles. The Kier molecular flexibility index (Phi) is 4.10. The van der Waals surface area contributed by atoms with Crippen LogP contribution in [0.15, 0.2) is 109 Å². The van der Waals surface area contributed by atoms with Gasteiger partial charge in [0.2, 0.25) is 0 Å². The molecule has 8 aromatic rings. The number of rotatable bonds is 0. The molecule has 0 nitrogen and oxygen atoms in total. The maximum absolute atomic E-state index is 2.49. The normalized spacial score (nSPS) is 13.9. The SMILES string of the molecule is c1ccc2c(c1)c1c(c3cc4cc5cc6c7ccccc7c7ccccc7c6cc5cc4cc32)CCCC1. The van der Waals surface area contributed by atoms with Gasteiger partial charge in [0.25, 0.3) is 0 Å². The van der Waals surface area contributed by atoms with Gasteiger partial charge in [-0.1, -0.05) is 72.8 Å². The van der Waals surface area contributed by atoms with E-state index in [9.17, 15) is 0 Å². The van der Waals surface area contributed by atoms with Crippen LogP contribution in [0.2, 0.25) is 0 Å². The Morgan fingerprint density at radius 3 is 1.08 bits per heavy atom. The van der Waals surface area contributed by atoms with Crippen LogP contribution in [0.3, 0.4) is 0 Å². The third-order valence-corrected chi connectivity index (χ3v) is 9.13. The lowest BCUT2D eigenvalue weighted by molar-refractivity contribution is 0.694. The highest BCUT2D eigenvalue weighted by Crippen LogP contribution is 2.41. The van der Waals surface area contributed by atoms with E-state index in [2.05, 4.69) is 109 Å². The summed E-state index contributed by atoms with van der Waals surface area (Å²) in [6.45, 7) is 0. The minimum atomic E-state index is 1.19. The maximum atomic E-state index is 2.49. The lowest BCUT2D eigenvalue weighted by atomic mass is 9.82. The van der Waals surface area contributed by atoms with Crippen molar-refractivity contribution in [3.63, 3.8) is 0 Å². The van der Waals surface area contributed by atoms with Crippen LogP contribution in [0.25, 0.3) is 75.4 Å². The Labute approximate surface area is 221 Å². The fraction of sp³-hybridized carbons (Fsp3) is 0.105. The summed E-state index contributed by atoms with van der Waals surface area (Å²) in [7, 11) is 0. The van der Waals surface area contributed by atoms with Crippen molar-refractivity contribution in [1.29, 1.82) is 0 Å². The lowest BCUT2D eigenvalue weighted by Crippen LogP contribution is -2.04. The first-order valence-electron chi connectivity index (χ1n) is 13.9. The van der Waals surface area contributed by atoms with E-state index in [0.717, 1.165) is 0 Å². The standard InChI is InChI=1S/C38H26/c1-5-13-31-27(9-1)28-10-2-6-14-32(28)36-20-24-18-26-22-38-34-16-8-4-12-30(34)29-11-3-7-15-33(29)37(38)21-25(26)17-23(24)19-35(31)36/h1-3,5-7,9-11,13-15,17-22H,4,8,12,16H2. The zero-order valence-electron chi connectivity index (χ0n) is 21.2. The highest BCUT2D eigenvalue weighted by Gasteiger charge is 2.18. The van der Waals surface area contributed by atoms with Crippen LogP contribution < -0.4 is 0 Å². The Balaban J connectivity index is 1.43. The topological polar surface area (TPSA) is 0 Å². The minimum absolute atomic E-state index is 1.19. The third kappa shape index (κ3) is 2.75. The number of hydrogen-bond acceptors (Lipinski definition) is 0. The molecule has 38 heavy (non-hydrogen) atoms. The number of fused-ring (bicyclic) bond motifs is 14. The van der Waals surface area contributed by atoms with Crippen LogP contribution in [0, 0.1) is 0 Å². The van der Waals surface area contributed by atoms with E-state index in [0.29, 0.717) is 0 Å². The first-order valence-corrected chi connectivity index (χ1v) is 13.9. The van der Waals surface area contributed by atoms with Crippen molar-refractivity contribution in [3.8, 4) is 0 Å². The first kappa shape index (κ1) is 20.6. The highest BCUT2D eigenvalue weighted by atomic mass is 14.2. The molecule has 0 saturated carbocycles. The van der Waals surface area contributed by atoms with E-state index >= 15 is 0 Å². The van der Waals surface area contributed by atoms with Crippen LogP contribution in [-0.4, -0.2) is 0 Å². The smallest absolute Gasteiger partial charge is 0.00926 e. The Bertz CT molecular complexity index is 2280. The van der Waals surface area contributed by atoms with E-state index in [-0.39, 0.29) is 0 Å². The molecule has 0 spiro atoms. The summed E-state index contributed by atoms with van der Waals surface area (Å²) in [6, 6.07) is 41.4. The second-order valence-electron chi connectivity index (χ2n) is 11.1. The van der Waals surface area contributed by atoms with E-state index in [1.54, 1.807) is 11.1 Å². The van der Waals surface area contributed by atoms with Gasteiger partial charge in [0.15, 0.2) is 0 Å². The molecule has 9 rings (SSSR count). The molecule has 0 unspecified atom stereocenters.